The highest BCUT2D eigenvalue weighted by Gasteiger charge is 2.33. The summed E-state index contributed by atoms with van der Waals surface area (Å²) in [5.74, 6) is 0.633. The number of nitrogens with zero attached hydrogens (tertiary/aromatic N) is 2. The largest absolute Gasteiger partial charge is 0.495 e. The van der Waals surface area contributed by atoms with E-state index in [2.05, 4.69) is 5.32 Å². The van der Waals surface area contributed by atoms with Crippen molar-refractivity contribution >= 4 is 23.3 Å². The monoisotopic (exact) mass is 349 g/mol. The minimum Gasteiger partial charge on any atom is -0.495 e. The standard InChI is InChI=1S/C18H24FN3O3/c1-18(19)8-4-9-21(12-18)17(24)20-13-6-7-15(25-2)14(11-13)22-10-3-5-16(22)23/h6-7,11H,3-5,8-10,12H2,1-2H3,(H,20,24)/t18-/m1/s1. The first-order valence-electron chi connectivity index (χ1n) is 8.63. The molecule has 6 nitrogen and oxygen atoms in total. The van der Waals surface area contributed by atoms with Crippen LogP contribution in [0, 0.1) is 0 Å². The quantitative estimate of drug-likeness (QED) is 0.912. The Labute approximate surface area is 146 Å². The van der Waals surface area contributed by atoms with Crippen molar-refractivity contribution in [2.45, 2.75) is 38.3 Å². The molecule has 0 aromatic heterocycles. The normalized spacial score (nSPS) is 23.7. The van der Waals surface area contributed by atoms with Crippen LogP contribution in [0.1, 0.15) is 32.6 Å². The van der Waals surface area contributed by atoms with Gasteiger partial charge in [-0.05, 0) is 44.4 Å². The average Bonchev–Trinajstić information content (AvgIpc) is 2.99. The zero-order chi connectivity index (χ0) is 18.0. The highest BCUT2D eigenvalue weighted by Crippen LogP contribution is 2.34. The molecule has 2 fully saturated rings. The first kappa shape index (κ1) is 17.5. The number of hydrogen-bond acceptors (Lipinski definition) is 3. The van der Waals surface area contributed by atoms with E-state index in [1.165, 1.54) is 11.8 Å². The maximum atomic E-state index is 14.1. The molecule has 3 rings (SSSR count). The van der Waals surface area contributed by atoms with Gasteiger partial charge >= 0.3 is 6.03 Å². The molecule has 1 N–H and O–H groups in total. The van der Waals surface area contributed by atoms with Crippen molar-refractivity contribution in [3.8, 4) is 5.75 Å². The van der Waals surface area contributed by atoms with Crippen LogP contribution in [-0.4, -0.2) is 49.3 Å². The van der Waals surface area contributed by atoms with Crippen molar-refractivity contribution in [1.29, 1.82) is 0 Å². The third-order valence-electron chi connectivity index (χ3n) is 4.73. The molecule has 0 saturated carbocycles. The van der Waals surface area contributed by atoms with Gasteiger partial charge in [0.2, 0.25) is 5.91 Å². The number of urea groups is 1. The van der Waals surface area contributed by atoms with Gasteiger partial charge in [0, 0.05) is 25.2 Å². The third-order valence-corrected chi connectivity index (χ3v) is 4.73. The van der Waals surface area contributed by atoms with Crippen molar-refractivity contribution in [3.63, 3.8) is 0 Å². The van der Waals surface area contributed by atoms with E-state index in [9.17, 15) is 14.0 Å². The van der Waals surface area contributed by atoms with Crippen LogP contribution in [0.2, 0.25) is 0 Å². The van der Waals surface area contributed by atoms with E-state index in [0.29, 0.717) is 49.5 Å². The number of ether oxygens (including phenoxy) is 1. The molecule has 1 atom stereocenters. The predicted molar refractivity (Wildman–Crippen MR) is 93.9 cm³/mol. The molecule has 0 bridgehead atoms. The second-order valence-electron chi connectivity index (χ2n) is 6.90. The number of carbonyl (C=O) groups is 2. The lowest BCUT2D eigenvalue weighted by Gasteiger charge is -2.35. The summed E-state index contributed by atoms with van der Waals surface area (Å²) >= 11 is 0. The molecule has 1 aromatic carbocycles. The Morgan fingerprint density at radius 1 is 1.32 bits per heavy atom. The van der Waals surface area contributed by atoms with E-state index in [0.717, 1.165) is 6.42 Å². The number of piperidine rings is 1. The molecule has 3 amide bonds. The molecule has 25 heavy (non-hydrogen) atoms. The van der Waals surface area contributed by atoms with E-state index in [4.69, 9.17) is 4.74 Å². The Morgan fingerprint density at radius 2 is 2.12 bits per heavy atom. The molecular weight excluding hydrogens is 325 g/mol. The topological polar surface area (TPSA) is 61.9 Å². The highest BCUT2D eigenvalue weighted by molar-refractivity contribution is 5.98. The van der Waals surface area contributed by atoms with Gasteiger partial charge in [0.25, 0.3) is 0 Å². The molecular formula is C18H24FN3O3. The van der Waals surface area contributed by atoms with Crippen molar-refractivity contribution in [3.05, 3.63) is 18.2 Å². The van der Waals surface area contributed by atoms with Gasteiger partial charge in [0.05, 0.1) is 19.3 Å². The van der Waals surface area contributed by atoms with Crippen molar-refractivity contribution < 1.29 is 18.7 Å². The maximum absolute atomic E-state index is 14.1. The van der Waals surface area contributed by atoms with Gasteiger partial charge in [-0.1, -0.05) is 0 Å². The summed E-state index contributed by atoms with van der Waals surface area (Å²) < 4.78 is 19.5. The van der Waals surface area contributed by atoms with Gasteiger partial charge in [0.15, 0.2) is 0 Å². The van der Waals surface area contributed by atoms with E-state index in [-0.39, 0.29) is 18.5 Å². The van der Waals surface area contributed by atoms with Gasteiger partial charge in [-0.2, -0.15) is 0 Å². The fraction of sp³-hybridized carbons (Fsp3) is 0.556. The van der Waals surface area contributed by atoms with E-state index >= 15 is 0 Å². The first-order valence-corrected chi connectivity index (χ1v) is 8.63. The minimum absolute atomic E-state index is 0.0472. The number of carbonyl (C=O) groups excluding carboxylic acids is 2. The number of nitrogens with one attached hydrogen (secondary N) is 1. The van der Waals surface area contributed by atoms with E-state index in [1.54, 1.807) is 30.2 Å². The third kappa shape index (κ3) is 3.86. The fourth-order valence-electron chi connectivity index (χ4n) is 3.45. The predicted octanol–water partition coefficient (Wildman–Crippen LogP) is 3.18. The van der Waals surface area contributed by atoms with Gasteiger partial charge < -0.3 is 19.9 Å². The molecule has 136 valence electrons. The average molecular weight is 349 g/mol. The lowest BCUT2D eigenvalue weighted by atomic mass is 9.97. The van der Waals surface area contributed by atoms with Crippen LogP contribution in [0.5, 0.6) is 5.75 Å². The van der Waals surface area contributed by atoms with Gasteiger partial charge in [-0.15, -0.1) is 0 Å². The summed E-state index contributed by atoms with van der Waals surface area (Å²) in [6.45, 7) is 2.79. The van der Waals surface area contributed by atoms with Gasteiger partial charge in [-0.25, -0.2) is 9.18 Å². The Bertz CT molecular complexity index is 678. The van der Waals surface area contributed by atoms with Crippen LogP contribution in [0.15, 0.2) is 18.2 Å². The number of benzene rings is 1. The number of halogens is 1. The molecule has 7 heteroatoms. The number of rotatable bonds is 3. The molecule has 2 aliphatic heterocycles. The summed E-state index contributed by atoms with van der Waals surface area (Å²) in [4.78, 5) is 27.6. The molecule has 1 aromatic rings. The zero-order valence-corrected chi connectivity index (χ0v) is 14.7. The molecule has 0 radical (unpaired) electrons. The number of amides is 3. The van der Waals surface area contributed by atoms with E-state index < -0.39 is 5.67 Å². The Balaban J connectivity index is 1.76. The zero-order valence-electron chi connectivity index (χ0n) is 14.7. The first-order chi connectivity index (χ1) is 11.9. The number of alkyl halides is 1. The summed E-state index contributed by atoms with van der Waals surface area (Å²) in [7, 11) is 1.55. The lowest BCUT2D eigenvalue weighted by molar-refractivity contribution is -0.117. The summed E-state index contributed by atoms with van der Waals surface area (Å²) in [6, 6.07) is 4.86. The Kier molecular flexibility index (Phi) is 4.83. The maximum Gasteiger partial charge on any atom is 0.321 e. The molecule has 2 heterocycles. The van der Waals surface area contributed by atoms with Crippen LogP contribution in [0.25, 0.3) is 0 Å². The molecule has 0 unspecified atom stereocenters. The van der Waals surface area contributed by atoms with E-state index in [1.807, 2.05) is 0 Å². The Hall–Kier alpha value is -2.31. The lowest BCUT2D eigenvalue weighted by Crippen LogP contribution is -2.48. The second-order valence-corrected chi connectivity index (χ2v) is 6.90. The van der Waals surface area contributed by atoms with Gasteiger partial charge in [-0.3, -0.25) is 4.79 Å². The van der Waals surface area contributed by atoms with Crippen LogP contribution in [0.3, 0.4) is 0 Å². The SMILES string of the molecule is COc1ccc(NC(=O)N2CCC[C@@](C)(F)C2)cc1N1CCCC1=O. The summed E-state index contributed by atoms with van der Waals surface area (Å²) in [5, 5.41) is 2.81. The number of anilines is 2. The van der Waals surface area contributed by atoms with Crippen molar-refractivity contribution in [1.82, 2.24) is 4.90 Å². The minimum atomic E-state index is -1.34. The van der Waals surface area contributed by atoms with Crippen LogP contribution < -0.4 is 15.0 Å². The van der Waals surface area contributed by atoms with Crippen molar-refractivity contribution in [2.24, 2.45) is 0 Å². The number of methoxy groups -OCH3 is 1. The van der Waals surface area contributed by atoms with Crippen LogP contribution in [0.4, 0.5) is 20.6 Å². The van der Waals surface area contributed by atoms with Crippen molar-refractivity contribution in [2.75, 3.05) is 37.0 Å². The summed E-state index contributed by atoms with van der Waals surface area (Å²) in [5.41, 5.74) is -0.133. The Morgan fingerprint density at radius 3 is 2.76 bits per heavy atom. The summed E-state index contributed by atoms with van der Waals surface area (Å²) in [6.07, 6.45) is 2.45. The fourth-order valence-corrected chi connectivity index (χ4v) is 3.45. The second kappa shape index (κ2) is 6.90. The highest BCUT2D eigenvalue weighted by atomic mass is 19.1. The number of likely N-dealkylation sites (tertiary alicyclic amines) is 1. The number of hydrogen-bond donors (Lipinski definition) is 1. The van der Waals surface area contributed by atoms with Crippen LogP contribution >= 0.6 is 0 Å². The molecule has 0 spiro atoms. The molecule has 2 saturated heterocycles. The molecule has 0 aliphatic carbocycles. The van der Waals surface area contributed by atoms with Crippen LogP contribution in [-0.2, 0) is 4.79 Å². The molecule has 2 aliphatic rings. The van der Waals surface area contributed by atoms with Gasteiger partial charge in [0.1, 0.15) is 11.4 Å². The smallest absolute Gasteiger partial charge is 0.321 e.